The number of aliphatic hydroxyl groups excluding tert-OH is 1. The Labute approximate surface area is 108 Å². The molecule has 1 saturated heterocycles. The Balaban J connectivity index is 1.57. The third-order valence-corrected chi connectivity index (χ3v) is 3.56. The summed E-state index contributed by atoms with van der Waals surface area (Å²) in [6.45, 7) is 1.80. The van der Waals surface area contributed by atoms with Gasteiger partial charge in [0, 0.05) is 32.0 Å². The molecule has 2 amide bonds. The number of amides is 2. The highest BCUT2D eigenvalue weighted by Crippen LogP contribution is 2.28. The predicted octanol–water partition coefficient (Wildman–Crippen LogP) is 0.276. The van der Waals surface area contributed by atoms with Crippen molar-refractivity contribution in [3.63, 3.8) is 0 Å². The van der Waals surface area contributed by atoms with E-state index in [2.05, 4.69) is 5.32 Å². The molecule has 2 fully saturated rings. The van der Waals surface area contributed by atoms with Crippen LogP contribution in [0.4, 0.5) is 0 Å². The standard InChI is InChI=1S/C13H22N2O3/c16-11-3-2-8-15(9-11)12(17)4-1-7-14-13(18)10-5-6-10/h10-11,16H,1-9H2,(H,14,18). The number of hydrogen-bond donors (Lipinski definition) is 2. The first-order chi connectivity index (χ1) is 8.66. The van der Waals surface area contributed by atoms with Crippen LogP contribution in [0.2, 0.25) is 0 Å². The van der Waals surface area contributed by atoms with Crippen molar-refractivity contribution < 1.29 is 14.7 Å². The number of nitrogens with zero attached hydrogens (tertiary/aromatic N) is 1. The number of carbonyl (C=O) groups excluding carboxylic acids is 2. The minimum Gasteiger partial charge on any atom is -0.391 e. The molecule has 1 unspecified atom stereocenters. The second kappa shape index (κ2) is 6.18. The molecule has 1 aliphatic heterocycles. The molecule has 2 N–H and O–H groups in total. The Morgan fingerprint density at radius 3 is 2.72 bits per heavy atom. The molecule has 0 aromatic heterocycles. The van der Waals surface area contributed by atoms with Crippen molar-refractivity contribution in [3.05, 3.63) is 0 Å². The van der Waals surface area contributed by atoms with Crippen LogP contribution in [0.15, 0.2) is 0 Å². The van der Waals surface area contributed by atoms with Crippen LogP contribution in [0.25, 0.3) is 0 Å². The zero-order valence-electron chi connectivity index (χ0n) is 10.7. The number of β-amino-alcohol motifs (C(OH)–C–C–N with tert-alkyl or cyclic N) is 1. The van der Waals surface area contributed by atoms with E-state index in [0.717, 1.165) is 32.2 Å². The van der Waals surface area contributed by atoms with Gasteiger partial charge in [-0.15, -0.1) is 0 Å². The van der Waals surface area contributed by atoms with Crippen molar-refractivity contribution in [2.24, 2.45) is 5.92 Å². The van der Waals surface area contributed by atoms with E-state index in [-0.39, 0.29) is 23.8 Å². The molecule has 102 valence electrons. The Hall–Kier alpha value is -1.10. The van der Waals surface area contributed by atoms with Gasteiger partial charge in [-0.2, -0.15) is 0 Å². The van der Waals surface area contributed by atoms with Crippen molar-refractivity contribution in [2.45, 2.75) is 44.6 Å². The first kappa shape index (κ1) is 13.3. The number of nitrogens with one attached hydrogen (secondary N) is 1. The van der Waals surface area contributed by atoms with Gasteiger partial charge in [0.25, 0.3) is 0 Å². The van der Waals surface area contributed by atoms with E-state index in [9.17, 15) is 14.7 Å². The first-order valence-corrected chi connectivity index (χ1v) is 6.90. The van der Waals surface area contributed by atoms with E-state index < -0.39 is 0 Å². The van der Waals surface area contributed by atoms with Gasteiger partial charge in [0.1, 0.15) is 0 Å². The van der Waals surface area contributed by atoms with Crippen molar-refractivity contribution >= 4 is 11.8 Å². The molecule has 0 bridgehead atoms. The molecular weight excluding hydrogens is 232 g/mol. The summed E-state index contributed by atoms with van der Waals surface area (Å²) in [5.41, 5.74) is 0. The van der Waals surface area contributed by atoms with Gasteiger partial charge >= 0.3 is 0 Å². The number of carbonyl (C=O) groups is 2. The Morgan fingerprint density at radius 2 is 2.06 bits per heavy atom. The second-order valence-corrected chi connectivity index (χ2v) is 5.30. The van der Waals surface area contributed by atoms with Crippen LogP contribution in [0.3, 0.4) is 0 Å². The van der Waals surface area contributed by atoms with Crippen molar-refractivity contribution in [3.8, 4) is 0 Å². The quantitative estimate of drug-likeness (QED) is 0.692. The van der Waals surface area contributed by atoms with Gasteiger partial charge in [-0.25, -0.2) is 0 Å². The molecule has 0 aromatic carbocycles. The minimum atomic E-state index is -0.364. The Bertz CT molecular complexity index is 315. The summed E-state index contributed by atoms with van der Waals surface area (Å²) in [7, 11) is 0. The molecule has 5 heteroatoms. The highest BCUT2D eigenvalue weighted by Gasteiger charge is 2.29. The molecule has 1 aliphatic carbocycles. The fraction of sp³-hybridized carbons (Fsp3) is 0.846. The van der Waals surface area contributed by atoms with Crippen molar-refractivity contribution in [1.82, 2.24) is 10.2 Å². The average Bonchev–Trinajstić information content (AvgIpc) is 3.18. The Kier molecular flexibility index (Phi) is 4.58. The fourth-order valence-electron chi connectivity index (χ4n) is 2.28. The van der Waals surface area contributed by atoms with Crippen molar-refractivity contribution in [1.29, 1.82) is 0 Å². The van der Waals surface area contributed by atoms with Gasteiger partial charge in [0.2, 0.25) is 11.8 Å². The van der Waals surface area contributed by atoms with Crippen LogP contribution in [0.5, 0.6) is 0 Å². The highest BCUT2D eigenvalue weighted by atomic mass is 16.3. The van der Waals surface area contributed by atoms with Crippen molar-refractivity contribution in [2.75, 3.05) is 19.6 Å². The van der Waals surface area contributed by atoms with E-state index in [1.807, 2.05) is 0 Å². The Morgan fingerprint density at radius 1 is 1.28 bits per heavy atom. The number of rotatable bonds is 5. The van der Waals surface area contributed by atoms with E-state index in [0.29, 0.717) is 25.9 Å². The second-order valence-electron chi connectivity index (χ2n) is 5.30. The van der Waals surface area contributed by atoms with Crippen LogP contribution >= 0.6 is 0 Å². The maximum absolute atomic E-state index is 11.8. The summed E-state index contributed by atoms with van der Waals surface area (Å²) in [6, 6.07) is 0. The van der Waals surface area contributed by atoms with Crippen LogP contribution in [-0.2, 0) is 9.59 Å². The predicted molar refractivity (Wildman–Crippen MR) is 66.8 cm³/mol. The molecule has 1 atom stereocenters. The number of hydrogen-bond acceptors (Lipinski definition) is 3. The molecule has 1 heterocycles. The van der Waals surface area contributed by atoms with E-state index in [4.69, 9.17) is 0 Å². The van der Waals surface area contributed by atoms with Gasteiger partial charge in [0.15, 0.2) is 0 Å². The molecule has 2 rings (SSSR count). The summed E-state index contributed by atoms with van der Waals surface area (Å²) in [5, 5.41) is 12.3. The molecule has 1 saturated carbocycles. The van der Waals surface area contributed by atoms with Gasteiger partial charge < -0.3 is 15.3 Å². The molecule has 0 radical (unpaired) electrons. The van der Waals surface area contributed by atoms with Gasteiger partial charge in [-0.3, -0.25) is 9.59 Å². The molecule has 0 aromatic rings. The highest BCUT2D eigenvalue weighted by molar-refractivity contribution is 5.81. The number of aliphatic hydroxyl groups is 1. The lowest BCUT2D eigenvalue weighted by molar-refractivity contribution is -0.134. The summed E-state index contributed by atoms with van der Waals surface area (Å²) in [5.74, 6) is 0.461. The van der Waals surface area contributed by atoms with Crippen LogP contribution in [-0.4, -0.2) is 47.6 Å². The SMILES string of the molecule is O=C(NCCCC(=O)N1CCCC(O)C1)C1CC1. The zero-order chi connectivity index (χ0) is 13.0. The topological polar surface area (TPSA) is 69.6 Å². The molecular formula is C13H22N2O3. The third kappa shape index (κ3) is 3.98. The van der Waals surface area contributed by atoms with E-state index >= 15 is 0 Å². The fourth-order valence-corrected chi connectivity index (χ4v) is 2.28. The lowest BCUT2D eigenvalue weighted by atomic mass is 10.1. The monoisotopic (exact) mass is 254 g/mol. The molecule has 2 aliphatic rings. The summed E-state index contributed by atoms with van der Waals surface area (Å²) in [6.07, 6.45) is 4.47. The number of piperidine rings is 1. The lowest BCUT2D eigenvalue weighted by Gasteiger charge is -2.30. The summed E-state index contributed by atoms with van der Waals surface area (Å²) in [4.78, 5) is 24.9. The van der Waals surface area contributed by atoms with E-state index in [1.165, 1.54) is 0 Å². The van der Waals surface area contributed by atoms with Gasteiger partial charge in [-0.05, 0) is 32.1 Å². The first-order valence-electron chi connectivity index (χ1n) is 6.90. The van der Waals surface area contributed by atoms with Gasteiger partial charge in [0.05, 0.1) is 6.10 Å². The largest absolute Gasteiger partial charge is 0.391 e. The average molecular weight is 254 g/mol. The summed E-state index contributed by atoms with van der Waals surface area (Å²) >= 11 is 0. The van der Waals surface area contributed by atoms with Crippen LogP contribution in [0.1, 0.15) is 38.5 Å². The summed E-state index contributed by atoms with van der Waals surface area (Å²) < 4.78 is 0. The maximum atomic E-state index is 11.8. The lowest BCUT2D eigenvalue weighted by Crippen LogP contribution is -2.42. The molecule has 0 spiro atoms. The van der Waals surface area contributed by atoms with E-state index in [1.54, 1.807) is 4.90 Å². The van der Waals surface area contributed by atoms with Gasteiger partial charge in [-0.1, -0.05) is 0 Å². The third-order valence-electron chi connectivity index (χ3n) is 3.56. The smallest absolute Gasteiger partial charge is 0.223 e. The maximum Gasteiger partial charge on any atom is 0.223 e. The normalized spacial score (nSPS) is 23.8. The zero-order valence-corrected chi connectivity index (χ0v) is 10.7. The molecule has 18 heavy (non-hydrogen) atoms. The minimum absolute atomic E-state index is 0.0921. The number of likely N-dealkylation sites (tertiary alicyclic amines) is 1. The van der Waals surface area contributed by atoms with Crippen LogP contribution < -0.4 is 5.32 Å². The van der Waals surface area contributed by atoms with Crippen LogP contribution in [0, 0.1) is 5.92 Å². The molecule has 5 nitrogen and oxygen atoms in total.